The zero-order chi connectivity index (χ0) is 20.8. The second-order valence-electron chi connectivity index (χ2n) is 6.12. The summed E-state index contributed by atoms with van der Waals surface area (Å²) in [4.78, 5) is 24.0. The molecule has 0 unspecified atom stereocenters. The fourth-order valence-electron chi connectivity index (χ4n) is 2.56. The van der Waals surface area contributed by atoms with Gasteiger partial charge in [0.25, 0.3) is 5.91 Å². The molecule has 2 N–H and O–H groups in total. The van der Waals surface area contributed by atoms with Crippen LogP contribution in [0.1, 0.15) is 27.6 Å². The maximum atomic E-state index is 12.5. The second-order valence-corrected chi connectivity index (χ2v) is 6.12. The van der Waals surface area contributed by atoms with Gasteiger partial charge in [0.15, 0.2) is 17.4 Å². The molecule has 0 saturated carbocycles. The van der Waals surface area contributed by atoms with Gasteiger partial charge < -0.3 is 20.1 Å². The van der Waals surface area contributed by atoms with E-state index in [-0.39, 0.29) is 11.7 Å². The van der Waals surface area contributed by atoms with E-state index in [2.05, 4.69) is 20.8 Å². The summed E-state index contributed by atoms with van der Waals surface area (Å²) in [7, 11) is 3.03. The van der Waals surface area contributed by atoms with E-state index in [9.17, 15) is 9.59 Å². The molecule has 1 amide bonds. The van der Waals surface area contributed by atoms with Crippen molar-refractivity contribution in [1.29, 1.82) is 0 Å². The van der Waals surface area contributed by atoms with Crippen LogP contribution in [0.4, 0.5) is 17.3 Å². The number of nitrogens with zero attached hydrogens (tertiary/aromatic N) is 2. The average Bonchev–Trinajstić information content (AvgIpc) is 2.74. The van der Waals surface area contributed by atoms with Crippen molar-refractivity contribution in [2.75, 3.05) is 24.9 Å². The van der Waals surface area contributed by atoms with Gasteiger partial charge in [-0.2, -0.15) is 0 Å². The third-order valence-electron chi connectivity index (χ3n) is 4.06. The lowest BCUT2D eigenvalue weighted by Gasteiger charge is -2.09. The third-order valence-corrected chi connectivity index (χ3v) is 4.06. The van der Waals surface area contributed by atoms with Crippen molar-refractivity contribution < 1.29 is 19.1 Å². The lowest BCUT2D eigenvalue weighted by molar-refractivity contribution is 0.101. The molecular weight excluding hydrogens is 372 g/mol. The second kappa shape index (κ2) is 8.83. The number of rotatable bonds is 7. The van der Waals surface area contributed by atoms with Crippen LogP contribution in [0, 0.1) is 0 Å². The molecule has 8 heteroatoms. The summed E-state index contributed by atoms with van der Waals surface area (Å²) in [6.07, 6.45) is 0. The summed E-state index contributed by atoms with van der Waals surface area (Å²) in [5.74, 6) is 1.39. The van der Waals surface area contributed by atoms with E-state index in [1.165, 1.54) is 21.1 Å². The number of carbonyl (C=O) groups is 2. The normalized spacial score (nSPS) is 10.2. The highest BCUT2D eigenvalue weighted by molar-refractivity contribution is 6.04. The summed E-state index contributed by atoms with van der Waals surface area (Å²) in [6, 6.07) is 15.3. The van der Waals surface area contributed by atoms with Crippen molar-refractivity contribution in [3.63, 3.8) is 0 Å². The minimum absolute atomic E-state index is 0.0213. The van der Waals surface area contributed by atoms with Crippen molar-refractivity contribution in [1.82, 2.24) is 10.2 Å². The zero-order valence-corrected chi connectivity index (χ0v) is 16.2. The quantitative estimate of drug-likeness (QED) is 0.591. The lowest BCUT2D eigenvalue weighted by Crippen LogP contribution is -2.14. The minimum atomic E-state index is -0.369. The first-order valence-electron chi connectivity index (χ1n) is 8.74. The Morgan fingerprint density at radius 3 is 2.07 bits per heavy atom. The molecule has 3 rings (SSSR count). The summed E-state index contributed by atoms with van der Waals surface area (Å²) < 4.78 is 10.4. The predicted octanol–water partition coefficient (Wildman–Crippen LogP) is 3.69. The Morgan fingerprint density at radius 2 is 1.48 bits per heavy atom. The molecule has 0 saturated heterocycles. The van der Waals surface area contributed by atoms with Crippen LogP contribution < -0.4 is 20.1 Å². The lowest BCUT2D eigenvalue weighted by atomic mass is 10.1. The monoisotopic (exact) mass is 392 g/mol. The molecular formula is C21H20N4O4. The van der Waals surface area contributed by atoms with Gasteiger partial charge in [-0.25, -0.2) is 0 Å². The Labute approximate surface area is 167 Å². The standard InChI is InChI=1S/C21H20N4O4/c1-13(26)14-5-4-6-16(9-14)22-19-7-8-20(25-24-19)23-21(27)15-10-17(28-2)12-18(11-15)29-3/h4-12H,1-3H3,(H,22,24)(H,23,25,27). The number of ether oxygens (including phenoxy) is 2. The highest BCUT2D eigenvalue weighted by atomic mass is 16.5. The number of hydrogen-bond acceptors (Lipinski definition) is 7. The van der Waals surface area contributed by atoms with Crippen molar-refractivity contribution in [3.05, 3.63) is 65.7 Å². The van der Waals surface area contributed by atoms with Gasteiger partial charge in [0, 0.05) is 22.9 Å². The fourth-order valence-corrected chi connectivity index (χ4v) is 2.56. The topological polar surface area (TPSA) is 102 Å². The number of aromatic nitrogens is 2. The van der Waals surface area contributed by atoms with Crippen LogP contribution in [0.5, 0.6) is 11.5 Å². The molecule has 29 heavy (non-hydrogen) atoms. The van der Waals surface area contributed by atoms with Crippen LogP contribution in [-0.2, 0) is 0 Å². The average molecular weight is 392 g/mol. The van der Waals surface area contributed by atoms with E-state index in [0.717, 1.165) is 0 Å². The molecule has 0 aliphatic rings. The van der Waals surface area contributed by atoms with Gasteiger partial charge in [0.1, 0.15) is 11.5 Å². The van der Waals surface area contributed by atoms with Gasteiger partial charge in [-0.1, -0.05) is 12.1 Å². The molecule has 3 aromatic rings. The molecule has 0 aliphatic heterocycles. The zero-order valence-electron chi connectivity index (χ0n) is 16.2. The minimum Gasteiger partial charge on any atom is -0.497 e. The number of methoxy groups -OCH3 is 2. The van der Waals surface area contributed by atoms with Crippen LogP contribution in [0.25, 0.3) is 0 Å². The molecule has 0 atom stereocenters. The van der Waals surface area contributed by atoms with Gasteiger partial charge >= 0.3 is 0 Å². The smallest absolute Gasteiger partial charge is 0.257 e. The molecule has 0 radical (unpaired) electrons. The van der Waals surface area contributed by atoms with Crippen molar-refractivity contribution >= 4 is 29.0 Å². The third kappa shape index (κ3) is 5.07. The number of Topliss-reactive ketones (excluding diaryl/α,β-unsaturated/α-hetero) is 1. The number of ketones is 1. The van der Waals surface area contributed by atoms with Crippen molar-refractivity contribution in [2.24, 2.45) is 0 Å². The fraction of sp³-hybridized carbons (Fsp3) is 0.143. The molecule has 148 valence electrons. The van der Waals surface area contributed by atoms with Crippen LogP contribution in [0.15, 0.2) is 54.6 Å². The largest absolute Gasteiger partial charge is 0.497 e. The number of nitrogens with one attached hydrogen (secondary N) is 2. The van der Waals surface area contributed by atoms with E-state index in [1.807, 2.05) is 6.07 Å². The SMILES string of the molecule is COc1cc(OC)cc(C(=O)Nc2ccc(Nc3cccc(C(C)=O)c3)nn2)c1. The van der Waals surface area contributed by atoms with E-state index >= 15 is 0 Å². The van der Waals surface area contributed by atoms with Crippen molar-refractivity contribution in [3.8, 4) is 11.5 Å². The Balaban J connectivity index is 1.70. The van der Waals surface area contributed by atoms with Gasteiger partial charge in [0.2, 0.25) is 0 Å². The maximum absolute atomic E-state index is 12.5. The molecule has 1 heterocycles. The highest BCUT2D eigenvalue weighted by Gasteiger charge is 2.11. The maximum Gasteiger partial charge on any atom is 0.257 e. The Bertz CT molecular complexity index is 1010. The molecule has 0 spiro atoms. The first kappa shape index (κ1) is 19.8. The molecule has 0 bridgehead atoms. The van der Waals surface area contributed by atoms with E-state index < -0.39 is 0 Å². The Hall–Kier alpha value is -3.94. The van der Waals surface area contributed by atoms with Gasteiger partial charge in [-0.15, -0.1) is 10.2 Å². The van der Waals surface area contributed by atoms with E-state index in [0.29, 0.717) is 39.9 Å². The Morgan fingerprint density at radius 1 is 0.828 bits per heavy atom. The van der Waals surface area contributed by atoms with Crippen molar-refractivity contribution in [2.45, 2.75) is 6.92 Å². The number of carbonyl (C=O) groups excluding carboxylic acids is 2. The summed E-state index contributed by atoms with van der Waals surface area (Å²) in [5.41, 5.74) is 1.68. The number of benzene rings is 2. The van der Waals surface area contributed by atoms with Crippen LogP contribution >= 0.6 is 0 Å². The summed E-state index contributed by atoms with van der Waals surface area (Å²) >= 11 is 0. The van der Waals surface area contributed by atoms with Gasteiger partial charge in [-0.3, -0.25) is 9.59 Å². The highest BCUT2D eigenvalue weighted by Crippen LogP contribution is 2.23. The first-order chi connectivity index (χ1) is 14.0. The number of hydrogen-bond donors (Lipinski definition) is 2. The molecule has 2 aromatic carbocycles. The summed E-state index contributed by atoms with van der Waals surface area (Å²) in [5, 5.41) is 13.8. The molecule has 8 nitrogen and oxygen atoms in total. The molecule has 1 aromatic heterocycles. The van der Waals surface area contributed by atoms with Gasteiger partial charge in [-0.05, 0) is 43.3 Å². The molecule has 0 fully saturated rings. The summed E-state index contributed by atoms with van der Waals surface area (Å²) in [6.45, 7) is 1.51. The van der Waals surface area contributed by atoms with Crippen LogP contribution in [0.2, 0.25) is 0 Å². The molecule has 0 aliphatic carbocycles. The van der Waals surface area contributed by atoms with Gasteiger partial charge in [0.05, 0.1) is 14.2 Å². The van der Waals surface area contributed by atoms with Crippen LogP contribution in [-0.4, -0.2) is 36.1 Å². The van der Waals surface area contributed by atoms with E-state index in [4.69, 9.17) is 9.47 Å². The van der Waals surface area contributed by atoms with E-state index in [1.54, 1.807) is 48.5 Å². The number of amides is 1. The Kier molecular flexibility index (Phi) is 6.03. The predicted molar refractivity (Wildman–Crippen MR) is 109 cm³/mol. The first-order valence-corrected chi connectivity index (χ1v) is 8.74. The number of anilines is 3. The van der Waals surface area contributed by atoms with Crippen LogP contribution in [0.3, 0.4) is 0 Å².